The maximum absolute atomic E-state index is 6.22. The van der Waals surface area contributed by atoms with E-state index in [1.807, 2.05) is 43.5 Å². The van der Waals surface area contributed by atoms with E-state index in [0.717, 1.165) is 24.0 Å². The number of benzene rings is 1. The Hall–Kier alpha value is -1.58. The molecule has 0 bridgehead atoms. The molecule has 0 aliphatic rings. The van der Waals surface area contributed by atoms with Gasteiger partial charge in [0.05, 0.1) is 11.6 Å². The van der Waals surface area contributed by atoms with E-state index in [-0.39, 0.29) is 6.04 Å². The molecule has 1 aromatic carbocycles. The Morgan fingerprint density at radius 3 is 2.80 bits per heavy atom. The minimum atomic E-state index is 0.128. The van der Waals surface area contributed by atoms with Crippen LogP contribution in [0.3, 0.4) is 0 Å². The molecule has 0 amide bonds. The summed E-state index contributed by atoms with van der Waals surface area (Å²) in [4.78, 5) is 4.07. The van der Waals surface area contributed by atoms with Gasteiger partial charge in [-0.2, -0.15) is 0 Å². The third-order valence-electron chi connectivity index (χ3n) is 2.93. The predicted octanol–water partition coefficient (Wildman–Crippen LogP) is 3.25. The predicted molar refractivity (Wildman–Crippen MR) is 82.2 cm³/mol. The first-order chi connectivity index (χ1) is 9.65. The molecule has 0 aliphatic heterocycles. The molecule has 0 spiro atoms. The van der Waals surface area contributed by atoms with Crippen molar-refractivity contribution in [2.45, 2.75) is 25.8 Å². The lowest BCUT2D eigenvalue weighted by Gasteiger charge is -2.10. The molecule has 2 N–H and O–H groups in total. The molecule has 0 saturated carbocycles. The summed E-state index contributed by atoms with van der Waals surface area (Å²) in [5.74, 6) is 0.712. The van der Waals surface area contributed by atoms with Crippen molar-refractivity contribution in [3.63, 3.8) is 0 Å². The van der Waals surface area contributed by atoms with E-state index in [4.69, 9.17) is 22.1 Å². The third kappa shape index (κ3) is 4.51. The van der Waals surface area contributed by atoms with Crippen molar-refractivity contribution in [2.24, 2.45) is 5.73 Å². The van der Waals surface area contributed by atoms with E-state index >= 15 is 0 Å². The van der Waals surface area contributed by atoms with E-state index in [1.54, 1.807) is 6.20 Å². The zero-order valence-corrected chi connectivity index (χ0v) is 12.3. The fourth-order valence-corrected chi connectivity index (χ4v) is 2.24. The summed E-state index contributed by atoms with van der Waals surface area (Å²) < 4.78 is 5.71. The van der Waals surface area contributed by atoms with Gasteiger partial charge in [-0.15, -0.1) is 0 Å². The summed E-state index contributed by atoms with van der Waals surface area (Å²) in [6.07, 6.45) is 5.23. The Morgan fingerprint density at radius 1 is 1.30 bits per heavy atom. The average Bonchev–Trinajstić information content (AvgIpc) is 2.42. The number of rotatable bonds is 6. The van der Waals surface area contributed by atoms with Crippen LogP contribution in [-0.2, 0) is 12.8 Å². The van der Waals surface area contributed by atoms with Gasteiger partial charge in [0.1, 0.15) is 5.75 Å². The Kier molecular flexibility index (Phi) is 5.39. The zero-order valence-electron chi connectivity index (χ0n) is 11.6. The molecule has 1 heterocycles. The van der Waals surface area contributed by atoms with Crippen LogP contribution in [0.2, 0.25) is 5.02 Å². The molecule has 4 heteroatoms. The second kappa shape index (κ2) is 7.27. The molecule has 106 valence electrons. The first-order valence-corrected chi connectivity index (χ1v) is 7.08. The zero-order chi connectivity index (χ0) is 14.4. The lowest BCUT2D eigenvalue weighted by atomic mass is 10.1. The number of hydrogen-bond acceptors (Lipinski definition) is 3. The molecule has 3 nitrogen and oxygen atoms in total. The molecule has 1 aromatic heterocycles. The van der Waals surface area contributed by atoms with Crippen LogP contribution in [0, 0.1) is 0 Å². The van der Waals surface area contributed by atoms with Crippen LogP contribution >= 0.6 is 11.6 Å². The van der Waals surface area contributed by atoms with Crippen molar-refractivity contribution in [3.05, 3.63) is 58.9 Å². The van der Waals surface area contributed by atoms with Crippen molar-refractivity contribution < 1.29 is 4.74 Å². The number of nitrogens with zero attached hydrogens (tertiary/aromatic N) is 1. The minimum absolute atomic E-state index is 0.128. The molecular weight excluding hydrogens is 272 g/mol. The fourth-order valence-electron chi connectivity index (χ4n) is 1.99. The number of aromatic nitrogens is 1. The van der Waals surface area contributed by atoms with E-state index in [0.29, 0.717) is 17.4 Å². The normalized spacial score (nSPS) is 12.2. The van der Waals surface area contributed by atoms with Crippen molar-refractivity contribution in [2.75, 3.05) is 6.61 Å². The van der Waals surface area contributed by atoms with Gasteiger partial charge in [-0.25, -0.2) is 0 Å². The van der Waals surface area contributed by atoms with E-state index in [2.05, 4.69) is 4.98 Å². The van der Waals surface area contributed by atoms with Crippen LogP contribution in [0.1, 0.15) is 18.1 Å². The van der Waals surface area contributed by atoms with Gasteiger partial charge in [0.2, 0.25) is 0 Å². The van der Waals surface area contributed by atoms with Gasteiger partial charge in [0.15, 0.2) is 0 Å². The minimum Gasteiger partial charge on any atom is -0.492 e. The first kappa shape index (κ1) is 14.8. The molecule has 20 heavy (non-hydrogen) atoms. The molecule has 0 saturated heterocycles. The molecule has 0 aliphatic carbocycles. The highest BCUT2D eigenvalue weighted by Crippen LogP contribution is 2.26. The quantitative estimate of drug-likeness (QED) is 0.888. The van der Waals surface area contributed by atoms with Crippen LogP contribution in [0.15, 0.2) is 42.7 Å². The summed E-state index contributed by atoms with van der Waals surface area (Å²) in [5, 5.41) is 0.634. The highest BCUT2D eigenvalue weighted by atomic mass is 35.5. The number of ether oxygens (including phenoxy) is 1. The van der Waals surface area contributed by atoms with Gasteiger partial charge in [-0.05, 0) is 42.7 Å². The molecule has 0 radical (unpaired) electrons. The van der Waals surface area contributed by atoms with Crippen LogP contribution in [0.5, 0.6) is 5.75 Å². The van der Waals surface area contributed by atoms with Gasteiger partial charge in [0, 0.05) is 24.9 Å². The summed E-state index contributed by atoms with van der Waals surface area (Å²) >= 11 is 6.22. The molecule has 1 atom stereocenters. The van der Waals surface area contributed by atoms with Gasteiger partial charge in [-0.1, -0.05) is 23.7 Å². The fraction of sp³-hybridized carbons (Fsp3) is 0.312. The second-order valence-electron chi connectivity index (χ2n) is 4.91. The Bertz CT molecular complexity index is 543. The number of hydrogen-bond donors (Lipinski definition) is 1. The van der Waals surface area contributed by atoms with Gasteiger partial charge < -0.3 is 10.5 Å². The van der Waals surface area contributed by atoms with Crippen molar-refractivity contribution in [3.8, 4) is 5.75 Å². The van der Waals surface area contributed by atoms with E-state index in [9.17, 15) is 0 Å². The van der Waals surface area contributed by atoms with Crippen LogP contribution in [0.4, 0.5) is 0 Å². The number of pyridine rings is 1. The van der Waals surface area contributed by atoms with Crippen LogP contribution in [0.25, 0.3) is 0 Å². The monoisotopic (exact) mass is 290 g/mol. The van der Waals surface area contributed by atoms with Crippen molar-refractivity contribution in [1.82, 2.24) is 4.98 Å². The SMILES string of the molecule is CC(N)Cc1ccc(OCCc2cccnc2)c(Cl)c1. The maximum atomic E-state index is 6.22. The standard InChI is InChI=1S/C16H19ClN2O/c1-12(18)9-14-4-5-16(15(17)10-14)20-8-6-13-3-2-7-19-11-13/h2-5,7,10-12H,6,8-9,18H2,1H3. The maximum Gasteiger partial charge on any atom is 0.137 e. The molecular formula is C16H19ClN2O. The molecule has 0 fully saturated rings. The number of halogens is 1. The second-order valence-corrected chi connectivity index (χ2v) is 5.31. The summed E-state index contributed by atoms with van der Waals surface area (Å²) in [5.41, 5.74) is 8.06. The highest BCUT2D eigenvalue weighted by molar-refractivity contribution is 6.32. The topological polar surface area (TPSA) is 48.1 Å². The lowest BCUT2D eigenvalue weighted by Crippen LogP contribution is -2.17. The van der Waals surface area contributed by atoms with Gasteiger partial charge in [0.25, 0.3) is 0 Å². The Morgan fingerprint density at radius 2 is 2.15 bits per heavy atom. The van der Waals surface area contributed by atoms with Crippen molar-refractivity contribution >= 4 is 11.6 Å². The summed E-state index contributed by atoms with van der Waals surface area (Å²) in [6, 6.07) is 9.92. The first-order valence-electron chi connectivity index (χ1n) is 6.71. The Balaban J connectivity index is 1.90. The van der Waals surface area contributed by atoms with Crippen molar-refractivity contribution in [1.29, 1.82) is 0 Å². The van der Waals surface area contributed by atoms with Gasteiger partial charge in [-0.3, -0.25) is 4.98 Å². The van der Waals surface area contributed by atoms with Crippen LogP contribution in [-0.4, -0.2) is 17.6 Å². The van der Waals surface area contributed by atoms with E-state index in [1.165, 1.54) is 0 Å². The lowest BCUT2D eigenvalue weighted by molar-refractivity contribution is 0.322. The van der Waals surface area contributed by atoms with Crippen LogP contribution < -0.4 is 10.5 Å². The largest absolute Gasteiger partial charge is 0.492 e. The summed E-state index contributed by atoms with van der Waals surface area (Å²) in [6.45, 7) is 2.56. The van der Waals surface area contributed by atoms with Gasteiger partial charge >= 0.3 is 0 Å². The third-order valence-corrected chi connectivity index (χ3v) is 3.22. The smallest absolute Gasteiger partial charge is 0.137 e. The molecule has 2 aromatic rings. The number of nitrogens with two attached hydrogens (primary N) is 1. The van der Waals surface area contributed by atoms with E-state index < -0.39 is 0 Å². The highest BCUT2D eigenvalue weighted by Gasteiger charge is 2.05. The average molecular weight is 291 g/mol. The Labute approximate surface area is 124 Å². The molecule has 1 unspecified atom stereocenters. The molecule has 2 rings (SSSR count). The summed E-state index contributed by atoms with van der Waals surface area (Å²) in [7, 11) is 0.